The fourth-order valence-corrected chi connectivity index (χ4v) is 9.86. The first-order chi connectivity index (χ1) is 29.0. The molecular formula is C44H50N10O6. The number of nitrogens with one attached hydrogen (secondary N) is 1. The van der Waals surface area contributed by atoms with Gasteiger partial charge in [0.1, 0.15) is 17.5 Å². The third kappa shape index (κ3) is 7.09. The molecule has 1 N–H and O–H groups in total. The number of aryl methyl sites for hydroxylation is 1. The van der Waals surface area contributed by atoms with Gasteiger partial charge in [-0.2, -0.15) is 4.98 Å². The molecule has 5 aliphatic rings. The average molecular weight is 815 g/mol. The molecule has 3 saturated heterocycles. The number of carbonyl (C=O) groups is 5. The van der Waals surface area contributed by atoms with E-state index in [1.165, 1.54) is 14.0 Å². The van der Waals surface area contributed by atoms with E-state index in [1.807, 2.05) is 18.3 Å². The van der Waals surface area contributed by atoms with Crippen LogP contribution in [-0.2, 0) is 9.59 Å². The zero-order chi connectivity index (χ0) is 41.8. The molecule has 1 aromatic carbocycles. The number of carbonyl (C=O) groups excluding carboxylic acids is 5. The zero-order valence-corrected chi connectivity index (χ0v) is 34.4. The van der Waals surface area contributed by atoms with Crippen molar-refractivity contribution in [3.05, 3.63) is 75.3 Å². The van der Waals surface area contributed by atoms with Crippen LogP contribution in [0.4, 0.5) is 23.1 Å². The van der Waals surface area contributed by atoms with Gasteiger partial charge in [0.2, 0.25) is 11.9 Å². The molecule has 312 valence electrons. The molecule has 0 bridgehead atoms. The molecule has 4 amide bonds. The Morgan fingerprint density at radius 3 is 2.20 bits per heavy atom. The molecule has 0 spiro atoms. The minimum Gasteiger partial charge on any atom is -0.371 e. The maximum atomic E-state index is 13.6. The fourth-order valence-electron chi connectivity index (χ4n) is 9.86. The molecule has 7 heterocycles. The van der Waals surface area contributed by atoms with Crippen molar-refractivity contribution >= 4 is 63.6 Å². The third-order valence-electron chi connectivity index (χ3n) is 13.3. The average Bonchev–Trinajstić information content (AvgIpc) is 3.87. The van der Waals surface area contributed by atoms with Gasteiger partial charge in [0.15, 0.2) is 5.78 Å². The lowest BCUT2D eigenvalue weighted by atomic mass is 9.95. The highest BCUT2D eigenvalue weighted by Gasteiger charge is 2.46. The Morgan fingerprint density at radius 1 is 0.800 bits per heavy atom. The molecule has 9 rings (SSSR count). The number of hydrogen-bond donors (Lipinski definition) is 1. The van der Waals surface area contributed by atoms with Crippen LogP contribution in [0.5, 0.6) is 0 Å². The van der Waals surface area contributed by atoms with Crippen LogP contribution in [0, 0.1) is 12.8 Å². The van der Waals surface area contributed by atoms with Crippen molar-refractivity contribution in [3.8, 4) is 0 Å². The number of benzene rings is 1. The molecule has 1 atom stereocenters. The van der Waals surface area contributed by atoms with Gasteiger partial charge in [0.25, 0.3) is 23.3 Å². The maximum Gasteiger partial charge on any atom is 0.263 e. The van der Waals surface area contributed by atoms with Crippen molar-refractivity contribution in [2.24, 2.45) is 5.92 Å². The molecule has 1 aliphatic carbocycles. The molecule has 4 fully saturated rings. The van der Waals surface area contributed by atoms with Gasteiger partial charge in [0, 0.05) is 82.6 Å². The lowest BCUT2D eigenvalue weighted by molar-refractivity contribution is -0.149. The predicted molar refractivity (Wildman–Crippen MR) is 225 cm³/mol. The van der Waals surface area contributed by atoms with Crippen molar-refractivity contribution in [2.45, 2.75) is 77.3 Å². The largest absolute Gasteiger partial charge is 0.371 e. The Hall–Kier alpha value is -6.03. The Morgan fingerprint density at radius 2 is 1.50 bits per heavy atom. The number of piperazine rings is 1. The number of nitrogens with zero attached hydrogens (tertiary/aromatic N) is 9. The highest BCUT2D eigenvalue weighted by Crippen LogP contribution is 2.34. The highest BCUT2D eigenvalue weighted by molar-refractivity contribution is 6.23. The van der Waals surface area contributed by atoms with Gasteiger partial charge in [-0.25, -0.2) is 9.97 Å². The van der Waals surface area contributed by atoms with E-state index in [-0.39, 0.29) is 41.7 Å². The molecule has 4 aromatic rings. The van der Waals surface area contributed by atoms with Gasteiger partial charge in [-0.1, -0.05) is 12.8 Å². The van der Waals surface area contributed by atoms with Crippen molar-refractivity contribution in [1.29, 1.82) is 0 Å². The van der Waals surface area contributed by atoms with E-state index < -0.39 is 23.8 Å². The van der Waals surface area contributed by atoms with Gasteiger partial charge in [-0.15, -0.1) is 0 Å². The number of piperidine rings is 2. The van der Waals surface area contributed by atoms with Crippen LogP contribution in [0.1, 0.15) is 101 Å². The molecule has 4 aliphatic heterocycles. The van der Waals surface area contributed by atoms with Crippen LogP contribution >= 0.6 is 0 Å². The first-order valence-electron chi connectivity index (χ1n) is 21.2. The van der Waals surface area contributed by atoms with Crippen molar-refractivity contribution in [2.75, 3.05) is 68.0 Å². The number of likely N-dealkylation sites (tertiary alicyclic amines) is 1. The van der Waals surface area contributed by atoms with Crippen LogP contribution in [-0.4, -0.2) is 123 Å². The van der Waals surface area contributed by atoms with E-state index in [2.05, 4.69) is 36.1 Å². The summed E-state index contributed by atoms with van der Waals surface area (Å²) in [5.41, 5.74) is 3.65. The third-order valence-corrected chi connectivity index (χ3v) is 13.3. The normalized spacial score (nSPS) is 20.8. The van der Waals surface area contributed by atoms with Crippen LogP contribution in [0.25, 0.3) is 11.0 Å². The Bertz CT molecular complexity index is 2460. The quantitative estimate of drug-likeness (QED) is 0.187. The topological polar surface area (TPSA) is 174 Å². The number of anilines is 4. The smallest absolute Gasteiger partial charge is 0.263 e. The first kappa shape index (κ1) is 39.4. The lowest BCUT2D eigenvalue weighted by Crippen LogP contribution is -2.54. The van der Waals surface area contributed by atoms with Crippen LogP contribution in [0.15, 0.2) is 47.5 Å². The molecule has 1 unspecified atom stereocenters. The van der Waals surface area contributed by atoms with E-state index in [9.17, 15) is 28.8 Å². The second kappa shape index (κ2) is 15.9. The number of fused-ring (bicyclic) bond motifs is 2. The minimum absolute atomic E-state index is 0.00589. The number of pyridine rings is 2. The Kier molecular flexibility index (Phi) is 10.4. The van der Waals surface area contributed by atoms with Gasteiger partial charge in [-0.3, -0.25) is 48.0 Å². The summed E-state index contributed by atoms with van der Waals surface area (Å²) >= 11 is 0. The summed E-state index contributed by atoms with van der Waals surface area (Å²) in [5.74, 6) is -0.526. The van der Waals surface area contributed by atoms with Gasteiger partial charge in [0.05, 0.1) is 28.6 Å². The SMILES string of the molecule is CC(=O)c1c(C)c2cnc(Nc3ccc(N4CCN(CC5CCN(c6ccc7c(c6)C(=O)N(C6CCC(=O)N(C)C6=O)C7=O)CC5)CC4)cn3)nc2n(C2CCCC2)c1=O. The zero-order valence-electron chi connectivity index (χ0n) is 34.4. The van der Waals surface area contributed by atoms with Crippen molar-refractivity contribution < 1.29 is 24.0 Å². The fraction of sp³-hybridized carbons (Fsp3) is 0.477. The Balaban J connectivity index is 0.774. The summed E-state index contributed by atoms with van der Waals surface area (Å²) in [6.45, 7) is 9.62. The summed E-state index contributed by atoms with van der Waals surface area (Å²) in [5, 5.41) is 3.93. The van der Waals surface area contributed by atoms with E-state index in [0.29, 0.717) is 45.4 Å². The number of aromatic nitrogens is 4. The summed E-state index contributed by atoms with van der Waals surface area (Å²) in [6, 6.07) is 8.39. The summed E-state index contributed by atoms with van der Waals surface area (Å²) in [7, 11) is 1.39. The van der Waals surface area contributed by atoms with E-state index in [1.54, 1.807) is 29.8 Å². The molecule has 0 radical (unpaired) electrons. The Labute approximate surface area is 347 Å². The van der Waals surface area contributed by atoms with Gasteiger partial charge >= 0.3 is 0 Å². The minimum atomic E-state index is -0.959. The second-order valence-corrected chi connectivity index (χ2v) is 16.9. The number of likely N-dealkylation sites (N-methyl/N-ethyl adjacent to an activating group) is 1. The van der Waals surface area contributed by atoms with Crippen LogP contribution in [0.3, 0.4) is 0 Å². The number of amides is 4. The van der Waals surface area contributed by atoms with E-state index >= 15 is 0 Å². The summed E-state index contributed by atoms with van der Waals surface area (Å²) < 4.78 is 1.71. The van der Waals surface area contributed by atoms with Crippen LogP contribution < -0.4 is 20.7 Å². The number of ketones is 1. The highest BCUT2D eigenvalue weighted by atomic mass is 16.2. The molecule has 16 nitrogen and oxygen atoms in total. The van der Waals surface area contributed by atoms with Crippen molar-refractivity contribution in [1.82, 2.24) is 34.2 Å². The summed E-state index contributed by atoms with van der Waals surface area (Å²) in [4.78, 5) is 101. The number of rotatable bonds is 9. The van der Waals surface area contributed by atoms with E-state index in [0.717, 1.165) is 106 Å². The molecule has 16 heteroatoms. The molecule has 3 aromatic heterocycles. The standard InChI is InChI=1S/C44H50N10O6/c1-26-34-24-46-44(48-39(34)53(29-6-4-5-7-29)43(60)38(26)27(2)55)47-36-12-9-31(23-45-36)52-20-18-50(19-21-52)25-28-14-16-51(17-15-28)30-8-10-32-33(22-30)41(58)54(40(32)57)35-11-13-37(56)49(3)42(35)59/h8-10,12,22-24,28-29,35H,4-7,11,13-21,25H2,1-3H3,(H,45,46,47,48). The first-order valence-corrected chi connectivity index (χ1v) is 21.2. The second-order valence-electron chi connectivity index (χ2n) is 16.9. The van der Waals surface area contributed by atoms with Crippen LogP contribution in [0.2, 0.25) is 0 Å². The number of Topliss-reactive ketones (excluding diaryl/α,β-unsaturated/α-hetero) is 1. The van der Waals surface area contributed by atoms with E-state index in [4.69, 9.17) is 4.98 Å². The number of hydrogen-bond acceptors (Lipinski definition) is 13. The molecule has 60 heavy (non-hydrogen) atoms. The van der Waals surface area contributed by atoms with Gasteiger partial charge < -0.3 is 15.1 Å². The maximum absolute atomic E-state index is 13.6. The van der Waals surface area contributed by atoms with Crippen molar-refractivity contribution in [3.63, 3.8) is 0 Å². The number of imide groups is 2. The molecular weight excluding hydrogens is 765 g/mol. The lowest BCUT2D eigenvalue weighted by Gasteiger charge is -2.40. The molecule has 1 saturated carbocycles. The monoisotopic (exact) mass is 814 g/mol. The van der Waals surface area contributed by atoms with Gasteiger partial charge in [-0.05, 0) is 87.8 Å². The predicted octanol–water partition coefficient (Wildman–Crippen LogP) is 4.34. The summed E-state index contributed by atoms with van der Waals surface area (Å²) in [6.07, 6.45) is 9.69.